The van der Waals surface area contributed by atoms with Crippen LogP contribution in [0, 0.1) is 19.7 Å². The number of nitrogens with two attached hydrogens (primary N) is 1. The number of nitrogens with zero attached hydrogens (tertiary/aromatic N) is 1. The second-order valence-corrected chi connectivity index (χ2v) is 6.42. The Labute approximate surface area is 123 Å². The van der Waals surface area contributed by atoms with Crippen LogP contribution in [0.4, 0.5) is 4.39 Å². The lowest BCUT2D eigenvalue weighted by atomic mass is 10.1. The minimum atomic E-state index is -0.239. The molecule has 2 aromatic rings. The van der Waals surface area contributed by atoms with Gasteiger partial charge in [-0.15, -0.1) is 11.8 Å². The van der Waals surface area contributed by atoms with E-state index >= 15 is 0 Å². The number of halogens is 1. The zero-order valence-electron chi connectivity index (χ0n) is 11.9. The molecule has 0 fully saturated rings. The molecule has 1 aromatic heterocycles. The van der Waals surface area contributed by atoms with Gasteiger partial charge in [-0.1, -0.05) is 19.1 Å². The van der Waals surface area contributed by atoms with Gasteiger partial charge in [-0.25, -0.2) is 9.37 Å². The van der Waals surface area contributed by atoms with Gasteiger partial charge in [0.1, 0.15) is 5.82 Å². The van der Waals surface area contributed by atoms with Crippen molar-refractivity contribution in [2.24, 2.45) is 5.73 Å². The summed E-state index contributed by atoms with van der Waals surface area (Å²) in [7, 11) is 0. The summed E-state index contributed by atoms with van der Waals surface area (Å²) in [5.74, 6) is -0.239. The average Bonchev–Trinajstić information content (AvgIpc) is 2.37. The normalized spacial score (nSPS) is 14.1. The van der Waals surface area contributed by atoms with Gasteiger partial charge in [0.2, 0.25) is 0 Å². The van der Waals surface area contributed by atoms with Gasteiger partial charge in [-0.2, -0.15) is 0 Å². The number of thioether (sulfide) groups is 1. The summed E-state index contributed by atoms with van der Waals surface area (Å²) in [5.41, 5.74) is 9.39. The minimum absolute atomic E-state index is 0.150. The summed E-state index contributed by atoms with van der Waals surface area (Å²) in [6.45, 7) is 6.11. The van der Waals surface area contributed by atoms with E-state index in [1.807, 2.05) is 6.92 Å². The summed E-state index contributed by atoms with van der Waals surface area (Å²) >= 11 is 1.65. The maximum Gasteiger partial charge on any atom is 0.123 e. The van der Waals surface area contributed by atoms with E-state index in [-0.39, 0.29) is 17.1 Å². The lowest BCUT2D eigenvalue weighted by Gasteiger charge is -2.19. The molecule has 2 nitrogen and oxygen atoms in total. The van der Waals surface area contributed by atoms with Gasteiger partial charge in [0.15, 0.2) is 0 Å². The van der Waals surface area contributed by atoms with Crippen LogP contribution < -0.4 is 5.73 Å². The first-order valence-corrected chi connectivity index (χ1v) is 7.46. The van der Waals surface area contributed by atoms with Crippen LogP contribution in [0.1, 0.15) is 29.8 Å². The third kappa shape index (κ3) is 3.81. The molecule has 2 N–H and O–H groups in total. The molecule has 2 atom stereocenters. The molecule has 20 heavy (non-hydrogen) atoms. The van der Waals surface area contributed by atoms with Crippen molar-refractivity contribution in [2.75, 3.05) is 0 Å². The smallest absolute Gasteiger partial charge is 0.123 e. The molecule has 0 spiro atoms. The predicted molar refractivity (Wildman–Crippen MR) is 82.4 cm³/mol. The lowest BCUT2D eigenvalue weighted by molar-refractivity contribution is 0.624. The quantitative estimate of drug-likeness (QED) is 0.864. The summed E-state index contributed by atoms with van der Waals surface area (Å²) < 4.78 is 12.9. The van der Waals surface area contributed by atoms with Gasteiger partial charge in [-0.05, 0) is 49.2 Å². The third-order valence-electron chi connectivity index (χ3n) is 3.14. The zero-order valence-corrected chi connectivity index (χ0v) is 12.7. The van der Waals surface area contributed by atoms with Crippen molar-refractivity contribution in [3.8, 4) is 0 Å². The van der Waals surface area contributed by atoms with Crippen molar-refractivity contribution in [3.63, 3.8) is 0 Å². The molecule has 2 rings (SSSR count). The molecule has 106 valence electrons. The Morgan fingerprint density at radius 3 is 2.40 bits per heavy atom. The maximum absolute atomic E-state index is 12.9. The fourth-order valence-corrected chi connectivity index (χ4v) is 3.22. The number of aryl methyl sites for hydroxylation is 2. The molecular weight excluding hydrogens is 271 g/mol. The van der Waals surface area contributed by atoms with E-state index < -0.39 is 0 Å². The van der Waals surface area contributed by atoms with Crippen molar-refractivity contribution >= 4 is 11.8 Å². The summed E-state index contributed by atoms with van der Waals surface area (Å²) in [6, 6.07) is 10.3. The van der Waals surface area contributed by atoms with Crippen molar-refractivity contribution in [1.29, 1.82) is 0 Å². The topological polar surface area (TPSA) is 38.9 Å². The summed E-state index contributed by atoms with van der Waals surface area (Å²) in [6.07, 6.45) is 0. The number of benzene rings is 1. The highest BCUT2D eigenvalue weighted by Gasteiger charge is 2.17. The fraction of sp³-hybridized carbons (Fsp3) is 0.312. The number of hydrogen-bond acceptors (Lipinski definition) is 3. The molecule has 0 aliphatic rings. The van der Waals surface area contributed by atoms with Crippen molar-refractivity contribution in [1.82, 2.24) is 4.98 Å². The van der Waals surface area contributed by atoms with Crippen LogP contribution in [-0.2, 0) is 0 Å². The highest BCUT2D eigenvalue weighted by Crippen LogP contribution is 2.30. The van der Waals surface area contributed by atoms with Gasteiger partial charge >= 0.3 is 0 Å². The van der Waals surface area contributed by atoms with Crippen molar-refractivity contribution in [3.05, 3.63) is 59.0 Å². The minimum Gasteiger partial charge on any atom is -0.323 e. The molecule has 1 aromatic carbocycles. The standard InChI is InChI=1S/C16H19FN2S/c1-10-8-11(2)19-15(9-10)20-12(3)16(18)13-4-6-14(17)7-5-13/h4-9,12,16H,18H2,1-3H3. The molecule has 2 unspecified atom stereocenters. The van der Waals surface area contributed by atoms with Gasteiger partial charge in [0, 0.05) is 17.0 Å². The van der Waals surface area contributed by atoms with Crippen LogP contribution in [0.2, 0.25) is 0 Å². The number of pyridine rings is 1. The monoisotopic (exact) mass is 290 g/mol. The third-order valence-corrected chi connectivity index (χ3v) is 4.26. The first kappa shape index (κ1) is 15.0. The molecule has 4 heteroatoms. The van der Waals surface area contributed by atoms with E-state index in [1.165, 1.54) is 17.7 Å². The number of hydrogen-bond donors (Lipinski definition) is 1. The Hall–Kier alpha value is -1.39. The van der Waals surface area contributed by atoms with E-state index in [0.717, 1.165) is 16.3 Å². The Kier molecular flexibility index (Phi) is 4.78. The van der Waals surface area contributed by atoms with Crippen LogP contribution in [0.15, 0.2) is 41.4 Å². The largest absolute Gasteiger partial charge is 0.323 e. The molecule has 0 bridgehead atoms. The number of rotatable bonds is 4. The first-order valence-electron chi connectivity index (χ1n) is 6.58. The highest BCUT2D eigenvalue weighted by molar-refractivity contribution is 7.99. The predicted octanol–water partition coefficient (Wildman–Crippen LogP) is 4.02. The van der Waals surface area contributed by atoms with Gasteiger partial charge < -0.3 is 5.73 Å². The molecule has 0 aliphatic carbocycles. The van der Waals surface area contributed by atoms with Crippen LogP contribution in [0.5, 0.6) is 0 Å². The Morgan fingerprint density at radius 2 is 1.80 bits per heavy atom. The summed E-state index contributed by atoms with van der Waals surface area (Å²) in [5, 5.41) is 1.14. The molecule has 0 aliphatic heterocycles. The number of aromatic nitrogens is 1. The van der Waals surface area contributed by atoms with Crippen LogP contribution in [0.25, 0.3) is 0 Å². The molecule has 0 saturated carbocycles. The van der Waals surface area contributed by atoms with E-state index in [0.29, 0.717) is 0 Å². The molecule has 0 amide bonds. The molecule has 0 saturated heterocycles. The highest BCUT2D eigenvalue weighted by atomic mass is 32.2. The van der Waals surface area contributed by atoms with Gasteiger partial charge in [0.25, 0.3) is 0 Å². The molecule has 0 radical (unpaired) electrons. The Balaban J connectivity index is 2.10. The van der Waals surface area contributed by atoms with Crippen LogP contribution in [-0.4, -0.2) is 10.2 Å². The second kappa shape index (κ2) is 6.37. The Bertz CT molecular complexity index is 563. The average molecular weight is 290 g/mol. The maximum atomic E-state index is 12.9. The van der Waals surface area contributed by atoms with Crippen LogP contribution in [0.3, 0.4) is 0 Å². The molecular formula is C16H19FN2S. The van der Waals surface area contributed by atoms with E-state index in [1.54, 1.807) is 23.9 Å². The van der Waals surface area contributed by atoms with E-state index in [2.05, 4.69) is 31.0 Å². The second-order valence-electron chi connectivity index (χ2n) is 5.02. The summed E-state index contributed by atoms with van der Waals surface area (Å²) in [4.78, 5) is 4.51. The lowest BCUT2D eigenvalue weighted by Crippen LogP contribution is -2.21. The zero-order chi connectivity index (χ0) is 14.7. The SMILES string of the molecule is Cc1cc(C)nc(SC(C)C(N)c2ccc(F)cc2)c1. The first-order chi connectivity index (χ1) is 9.45. The fourth-order valence-electron chi connectivity index (χ4n) is 2.08. The van der Waals surface area contributed by atoms with Gasteiger partial charge in [-0.3, -0.25) is 0 Å². The van der Waals surface area contributed by atoms with Crippen LogP contribution >= 0.6 is 11.8 Å². The van der Waals surface area contributed by atoms with Crippen molar-refractivity contribution < 1.29 is 4.39 Å². The Morgan fingerprint density at radius 1 is 1.15 bits per heavy atom. The van der Waals surface area contributed by atoms with Crippen molar-refractivity contribution in [2.45, 2.75) is 37.1 Å². The van der Waals surface area contributed by atoms with Gasteiger partial charge in [0.05, 0.1) is 5.03 Å². The van der Waals surface area contributed by atoms with E-state index in [9.17, 15) is 4.39 Å². The molecule has 1 heterocycles. The van der Waals surface area contributed by atoms with E-state index in [4.69, 9.17) is 5.73 Å².